The normalized spacial score (nSPS) is 18.9. The van der Waals surface area contributed by atoms with Gasteiger partial charge < -0.3 is 14.2 Å². The summed E-state index contributed by atoms with van der Waals surface area (Å²) >= 11 is 2.24. The first-order valence-corrected chi connectivity index (χ1v) is 14.1. The number of fused-ring (bicyclic) bond motifs is 1. The number of anilines is 1. The van der Waals surface area contributed by atoms with Crippen LogP contribution >= 0.6 is 22.6 Å². The number of methoxy groups -OCH3 is 1. The predicted octanol–water partition coefficient (Wildman–Crippen LogP) is 4.80. The predicted molar refractivity (Wildman–Crippen MR) is 138 cm³/mol. The van der Waals surface area contributed by atoms with Gasteiger partial charge in [-0.05, 0) is 103 Å². The van der Waals surface area contributed by atoms with Crippen molar-refractivity contribution in [1.82, 2.24) is 0 Å². The number of carbonyl (C=O) groups is 1. The van der Waals surface area contributed by atoms with Gasteiger partial charge in [-0.1, -0.05) is 6.92 Å². The number of esters is 1. The van der Waals surface area contributed by atoms with Crippen LogP contribution in [0, 0.1) is 9.49 Å². The van der Waals surface area contributed by atoms with Crippen molar-refractivity contribution in [2.24, 2.45) is 5.92 Å². The second-order valence-corrected chi connectivity index (χ2v) is 11.8. The molecule has 0 unspecified atom stereocenters. The van der Waals surface area contributed by atoms with E-state index < -0.39 is 16.0 Å². The molecule has 0 aromatic heterocycles. The number of halogens is 1. The van der Waals surface area contributed by atoms with Crippen LogP contribution in [0.15, 0.2) is 41.3 Å². The largest absolute Gasteiger partial charge is 0.492 e. The van der Waals surface area contributed by atoms with E-state index in [-0.39, 0.29) is 16.5 Å². The Labute approximate surface area is 215 Å². The molecule has 0 spiro atoms. The molecule has 2 aromatic carbocycles. The first-order chi connectivity index (χ1) is 16.3. The van der Waals surface area contributed by atoms with Gasteiger partial charge in [-0.15, -0.1) is 0 Å². The molecule has 2 aliphatic rings. The van der Waals surface area contributed by atoms with Gasteiger partial charge in [0.1, 0.15) is 11.3 Å². The number of carbonyl (C=O) groups excluding carboxylic acids is 1. The number of ether oxygens (including phenoxy) is 3. The fourth-order valence-electron chi connectivity index (χ4n) is 4.60. The molecule has 1 fully saturated rings. The molecule has 0 N–H and O–H groups in total. The topological polar surface area (TPSA) is 82.1 Å². The summed E-state index contributed by atoms with van der Waals surface area (Å²) in [5, 5.41) is 0. The van der Waals surface area contributed by atoms with Gasteiger partial charge in [0.15, 0.2) is 0 Å². The molecule has 2 aliphatic heterocycles. The van der Waals surface area contributed by atoms with Gasteiger partial charge in [0.05, 0.1) is 24.3 Å². The molecule has 9 heteroatoms. The van der Waals surface area contributed by atoms with Crippen LogP contribution in [0.5, 0.6) is 5.75 Å². The van der Waals surface area contributed by atoms with Crippen molar-refractivity contribution in [3.8, 4) is 5.75 Å². The van der Waals surface area contributed by atoms with Gasteiger partial charge in [-0.2, -0.15) is 0 Å². The van der Waals surface area contributed by atoms with Crippen molar-refractivity contribution < 1.29 is 27.4 Å². The third-order valence-electron chi connectivity index (χ3n) is 6.56. The lowest BCUT2D eigenvalue weighted by Crippen LogP contribution is -2.43. The lowest BCUT2D eigenvalue weighted by atomic mass is 9.97. The van der Waals surface area contributed by atoms with Crippen molar-refractivity contribution >= 4 is 44.3 Å². The highest BCUT2D eigenvalue weighted by Crippen LogP contribution is 2.38. The van der Waals surface area contributed by atoms with E-state index in [1.165, 1.54) is 23.5 Å². The number of benzene rings is 2. The van der Waals surface area contributed by atoms with E-state index >= 15 is 0 Å². The molecule has 0 amide bonds. The lowest BCUT2D eigenvalue weighted by molar-refractivity contribution is 0.0483. The Morgan fingerprint density at radius 2 is 1.91 bits per heavy atom. The molecule has 4 rings (SSSR count). The molecule has 0 saturated carbocycles. The molecular formula is C25H30INO6S. The standard InChI is InChI=1S/C25H30INO6S/c1-3-20-6-4-18-14-19(26)5-8-23(18)27(20)34(29,30)21-7-9-24(22(15-21)25(28)31-2)33-16-17-10-12-32-13-11-17/h5,7-9,14-15,17,20H,3-4,6,10-13,16H2,1-2H3/t20-/m0/s1. The first-order valence-electron chi connectivity index (χ1n) is 11.6. The molecule has 1 saturated heterocycles. The van der Waals surface area contributed by atoms with Gasteiger partial charge in [0.2, 0.25) is 0 Å². The van der Waals surface area contributed by atoms with Crippen LogP contribution < -0.4 is 9.04 Å². The zero-order valence-electron chi connectivity index (χ0n) is 19.5. The van der Waals surface area contributed by atoms with Crippen molar-refractivity contribution in [2.75, 3.05) is 31.2 Å². The fraction of sp³-hybridized carbons (Fsp3) is 0.480. The molecule has 184 valence electrons. The van der Waals surface area contributed by atoms with Crippen molar-refractivity contribution in [1.29, 1.82) is 0 Å². The molecule has 1 atom stereocenters. The van der Waals surface area contributed by atoms with Gasteiger partial charge >= 0.3 is 5.97 Å². The SMILES string of the molecule is CC[C@H]1CCc2cc(I)ccc2N1S(=O)(=O)c1ccc(OCC2CCOCC2)c(C(=O)OC)c1. The van der Waals surface area contributed by atoms with Crippen LogP contribution in [-0.2, 0) is 25.9 Å². The number of nitrogens with zero attached hydrogens (tertiary/aromatic N) is 1. The minimum Gasteiger partial charge on any atom is -0.492 e. The number of sulfonamides is 1. The third kappa shape index (κ3) is 5.21. The number of hydrogen-bond donors (Lipinski definition) is 0. The summed E-state index contributed by atoms with van der Waals surface area (Å²) in [4.78, 5) is 12.6. The zero-order chi connectivity index (χ0) is 24.3. The quantitative estimate of drug-likeness (QED) is 0.336. The third-order valence-corrected chi connectivity index (χ3v) is 9.09. The summed E-state index contributed by atoms with van der Waals surface area (Å²) in [6.45, 7) is 3.83. The van der Waals surface area contributed by atoms with Gasteiger partial charge in [-0.25, -0.2) is 13.2 Å². The second kappa shape index (κ2) is 10.8. The molecule has 7 nitrogen and oxygen atoms in total. The van der Waals surface area contributed by atoms with E-state index in [0.29, 0.717) is 43.6 Å². The average Bonchev–Trinajstić information content (AvgIpc) is 2.86. The summed E-state index contributed by atoms with van der Waals surface area (Å²) < 4.78 is 46.7. The van der Waals surface area contributed by atoms with Crippen molar-refractivity contribution in [2.45, 2.75) is 50.0 Å². The van der Waals surface area contributed by atoms with Crippen LogP contribution in [0.1, 0.15) is 48.5 Å². The van der Waals surface area contributed by atoms with Crippen LogP contribution in [0.25, 0.3) is 0 Å². The highest BCUT2D eigenvalue weighted by Gasteiger charge is 2.36. The molecule has 2 aromatic rings. The van der Waals surface area contributed by atoms with E-state index in [9.17, 15) is 13.2 Å². The molecular weight excluding hydrogens is 569 g/mol. The van der Waals surface area contributed by atoms with Crippen LogP contribution in [-0.4, -0.2) is 47.4 Å². The van der Waals surface area contributed by atoms with E-state index in [4.69, 9.17) is 14.2 Å². The van der Waals surface area contributed by atoms with Crippen molar-refractivity contribution in [3.63, 3.8) is 0 Å². The van der Waals surface area contributed by atoms with E-state index in [1.807, 2.05) is 25.1 Å². The van der Waals surface area contributed by atoms with Crippen LogP contribution in [0.4, 0.5) is 5.69 Å². The summed E-state index contributed by atoms with van der Waals surface area (Å²) in [6.07, 6.45) is 4.07. The van der Waals surface area contributed by atoms with E-state index in [2.05, 4.69) is 22.6 Å². The lowest BCUT2D eigenvalue weighted by Gasteiger charge is -2.37. The molecule has 0 radical (unpaired) electrons. The van der Waals surface area contributed by atoms with Crippen LogP contribution in [0.3, 0.4) is 0 Å². The van der Waals surface area contributed by atoms with Crippen LogP contribution in [0.2, 0.25) is 0 Å². The Kier molecular flexibility index (Phi) is 8.04. The van der Waals surface area contributed by atoms with Gasteiger partial charge in [0.25, 0.3) is 10.0 Å². The molecule has 34 heavy (non-hydrogen) atoms. The maximum Gasteiger partial charge on any atom is 0.341 e. The number of hydrogen-bond acceptors (Lipinski definition) is 6. The summed E-state index contributed by atoms with van der Waals surface area (Å²) in [5.74, 6) is 0.0400. The minimum atomic E-state index is -3.91. The Bertz CT molecular complexity index is 1150. The second-order valence-electron chi connectivity index (χ2n) is 8.69. The van der Waals surface area contributed by atoms with E-state index in [0.717, 1.165) is 34.8 Å². The summed E-state index contributed by atoms with van der Waals surface area (Å²) in [7, 11) is -2.64. The van der Waals surface area contributed by atoms with Gasteiger partial charge in [-0.3, -0.25) is 4.31 Å². The first kappa shape index (κ1) is 25.2. The van der Waals surface area contributed by atoms with E-state index in [1.54, 1.807) is 6.07 Å². The number of aryl methyl sites for hydroxylation is 1. The fourth-order valence-corrected chi connectivity index (χ4v) is 6.97. The maximum absolute atomic E-state index is 13.9. The molecule has 0 aliphatic carbocycles. The number of rotatable bonds is 7. The maximum atomic E-state index is 13.9. The Morgan fingerprint density at radius 1 is 1.15 bits per heavy atom. The summed E-state index contributed by atoms with van der Waals surface area (Å²) in [6, 6.07) is 10.2. The van der Waals surface area contributed by atoms with Gasteiger partial charge in [0, 0.05) is 22.8 Å². The molecule has 0 bridgehead atoms. The zero-order valence-corrected chi connectivity index (χ0v) is 22.4. The monoisotopic (exact) mass is 599 g/mol. The molecule has 2 heterocycles. The minimum absolute atomic E-state index is 0.0520. The Hall–Kier alpha value is -1.85. The Balaban J connectivity index is 1.69. The highest BCUT2D eigenvalue weighted by atomic mass is 127. The highest BCUT2D eigenvalue weighted by molar-refractivity contribution is 14.1. The smallest absolute Gasteiger partial charge is 0.341 e. The van der Waals surface area contributed by atoms with Crippen molar-refractivity contribution in [3.05, 3.63) is 51.1 Å². The average molecular weight is 599 g/mol. The Morgan fingerprint density at radius 3 is 2.62 bits per heavy atom. The summed E-state index contributed by atoms with van der Waals surface area (Å²) in [5.41, 5.74) is 1.84.